The SMILES string of the molecule is CCN(Cc1ccc2c(c1)OCO2)C(=O)CCOc1ccc(Cl)c(Cl)c1. The summed E-state index contributed by atoms with van der Waals surface area (Å²) in [6.45, 7) is 3.58. The van der Waals surface area contributed by atoms with Crippen molar-refractivity contribution < 1.29 is 19.0 Å². The topological polar surface area (TPSA) is 48.0 Å². The van der Waals surface area contributed by atoms with E-state index in [0.29, 0.717) is 34.6 Å². The Bertz CT molecular complexity index is 797. The summed E-state index contributed by atoms with van der Waals surface area (Å²) in [7, 11) is 0. The number of rotatable bonds is 7. The van der Waals surface area contributed by atoms with Crippen LogP contribution in [-0.4, -0.2) is 30.8 Å². The van der Waals surface area contributed by atoms with Crippen LogP contribution < -0.4 is 14.2 Å². The normalized spacial score (nSPS) is 12.1. The molecule has 0 bridgehead atoms. The van der Waals surface area contributed by atoms with Gasteiger partial charge in [-0.15, -0.1) is 0 Å². The number of benzene rings is 2. The van der Waals surface area contributed by atoms with Gasteiger partial charge in [-0.05, 0) is 36.8 Å². The molecule has 5 nitrogen and oxygen atoms in total. The zero-order chi connectivity index (χ0) is 18.5. The first-order chi connectivity index (χ1) is 12.6. The summed E-state index contributed by atoms with van der Waals surface area (Å²) in [6.07, 6.45) is 0.276. The fraction of sp³-hybridized carbons (Fsp3) is 0.316. The Morgan fingerprint density at radius 1 is 1.12 bits per heavy atom. The van der Waals surface area contributed by atoms with Crippen molar-refractivity contribution in [2.75, 3.05) is 19.9 Å². The molecule has 26 heavy (non-hydrogen) atoms. The van der Waals surface area contributed by atoms with Crippen molar-refractivity contribution in [3.63, 3.8) is 0 Å². The lowest BCUT2D eigenvalue weighted by Crippen LogP contribution is -2.31. The molecule has 1 aliphatic rings. The van der Waals surface area contributed by atoms with Gasteiger partial charge >= 0.3 is 0 Å². The van der Waals surface area contributed by atoms with Gasteiger partial charge in [-0.1, -0.05) is 29.3 Å². The maximum absolute atomic E-state index is 12.5. The van der Waals surface area contributed by atoms with Crippen LogP contribution in [0.2, 0.25) is 10.0 Å². The predicted molar refractivity (Wildman–Crippen MR) is 100 cm³/mol. The Hall–Kier alpha value is -2.11. The highest BCUT2D eigenvalue weighted by atomic mass is 35.5. The number of nitrogens with zero attached hydrogens (tertiary/aromatic N) is 1. The van der Waals surface area contributed by atoms with E-state index in [1.165, 1.54) is 0 Å². The molecule has 1 amide bonds. The molecule has 0 aromatic heterocycles. The maximum Gasteiger partial charge on any atom is 0.231 e. The van der Waals surface area contributed by atoms with Gasteiger partial charge in [0.2, 0.25) is 12.7 Å². The van der Waals surface area contributed by atoms with Crippen LogP contribution in [0.4, 0.5) is 0 Å². The summed E-state index contributed by atoms with van der Waals surface area (Å²) >= 11 is 11.8. The maximum atomic E-state index is 12.5. The van der Waals surface area contributed by atoms with Gasteiger partial charge in [0.25, 0.3) is 0 Å². The number of fused-ring (bicyclic) bond motifs is 1. The molecule has 0 spiro atoms. The van der Waals surface area contributed by atoms with Crippen molar-refractivity contribution in [2.24, 2.45) is 0 Å². The molecule has 0 fully saturated rings. The minimum Gasteiger partial charge on any atom is -0.493 e. The molecule has 0 saturated carbocycles. The second-order valence-electron chi connectivity index (χ2n) is 5.77. The second-order valence-corrected chi connectivity index (χ2v) is 6.58. The van der Waals surface area contributed by atoms with Crippen molar-refractivity contribution in [3.8, 4) is 17.2 Å². The van der Waals surface area contributed by atoms with Crippen LogP contribution in [0.3, 0.4) is 0 Å². The number of halogens is 2. The largest absolute Gasteiger partial charge is 0.493 e. The number of carbonyl (C=O) groups excluding carboxylic acids is 1. The molecule has 7 heteroatoms. The van der Waals surface area contributed by atoms with E-state index in [2.05, 4.69) is 0 Å². The van der Waals surface area contributed by atoms with Crippen molar-refractivity contribution >= 4 is 29.1 Å². The number of hydrogen-bond donors (Lipinski definition) is 0. The minimum atomic E-state index is 0.0187. The van der Waals surface area contributed by atoms with Gasteiger partial charge in [0.05, 0.1) is 23.1 Å². The summed E-state index contributed by atoms with van der Waals surface area (Å²) < 4.78 is 16.3. The van der Waals surface area contributed by atoms with E-state index >= 15 is 0 Å². The molecule has 0 aliphatic carbocycles. The van der Waals surface area contributed by atoms with E-state index in [0.717, 1.165) is 11.3 Å². The molecule has 0 atom stereocenters. The zero-order valence-electron chi connectivity index (χ0n) is 14.3. The highest BCUT2D eigenvalue weighted by Crippen LogP contribution is 2.32. The third kappa shape index (κ3) is 4.54. The average Bonchev–Trinajstić information content (AvgIpc) is 3.10. The average molecular weight is 396 g/mol. The van der Waals surface area contributed by atoms with E-state index in [1.54, 1.807) is 23.1 Å². The Balaban J connectivity index is 1.52. The standard InChI is InChI=1S/C19H19Cl2NO4/c1-2-22(11-13-3-6-17-18(9-13)26-12-25-17)19(23)7-8-24-14-4-5-15(20)16(21)10-14/h3-6,9-10H,2,7-8,11-12H2,1H3. The Kier molecular flexibility index (Phi) is 6.12. The van der Waals surface area contributed by atoms with E-state index in [9.17, 15) is 4.79 Å². The van der Waals surface area contributed by atoms with Crippen LogP contribution >= 0.6 is 23.2 Å². The first kappa shape index (κ1) is 18.7. The molecular weight excluding hydrogens is 377 g/mol. The monoisotopic (exact) mass is 395 g/mol. The summed E-state index contributed by atoms with van der Waals surface area (Å²) in [6, 6.07) is 10.7. The van der Waals surface area contributed by atoms with E-state index in [-0.39, 0.29) is 25.7 Å². The molecule has 2 aromatic rings. The molecule has 0 N–H and O–H groups in total. The fourth-order valence-electron chi connectivity index (χ4n) is 2.62. The van der Waals surface area contributed by atoms with Crippen LogP contribution in [0.15, 0.2) is 36.4 Å². The number of amides is 1. The summed E-state index contributed by atoms with van der Waals surface area (Å²) in [5, 5.41) is 0.893. The van der Waals surface area contributed by atoms with Crippen LogP contribution in [0.25, 0.3) is 0 Å². The molecule has 1 aliphatic heterocycles. The fourth-order valence-corrected chi connectivity index (χ4v) is 2.91. The van der Waals surface area contributed by atoms with Crippen LogP contribution in [0, 0.1) is 0 Å². The number of ether oxygens (including phenoxy) is 3. The van der Waals surface area contributed by atoms with Gasteiger partial charge in [0.1, 0.15) is 5.75 Å². The molecule has 0 saturated heterocycles. The lowest BCUT2D eigenvalue weighted by atomic mass is 10.2. The van der Waals surface area contributed by atoms with Crippen molar-refractivity contribution in [1.29, 1.82) is 0 Å². The van der Waals surface area contributed by atoms with Crippen LogP contribution in [-0.2, 0) is 11.3 Å². The quantitative estimate of drug-likeness (QED) is 0.690. The number of hydrogen-bond acceptors (Lipinski definition) is 4. The minimum absolute atomic E-state index is 0.0187. The van der Waals surface area contributed by atoms with E-state index in [1.807, 2.05) is 25.1 Å². The third-order valence-corrected chi connectivity index (χ3v) is 4.76. The molecule has 138 valence electrons. The summed E-state index contributed by atoms with van der Waals surface area (Å²) in [5.74, 6) is 2.06. The second kappa shape index (κ2) is 8.52. The molecule has 1 heterocycles. The van der Waals surface area contributed by atoms with Crippen LogP contribution in [0.1, 0.15) is 18.9 Å². The van der Waals surface area contributed by atoms with Gasteiger partial charge < -0.3 is 19.1 Å². The van der Waals surface area contributed by atoms with Crippen molar-refractivity contribution in [3.05, 3.63) is 52.0 Å². The van der Waals surface area contributed by atoms with E-state index in [4.69, 9.17) is 37.4 Å². The Morgan fingerprint density at radius 3 is 2.69 bits per heavy atom. The smallest absolute Gasteiger partial charge is 0.231 e. The van der Waals surface area contributed by atoms with Gasteiger partial charge in [0, 0.05) is 19.2 Å². The molecule has 2 aromatic carbocycles. The van der Waals surface area contributed by atoms with Gasteiger partial charge in [-0.25, -0.2) is 0 Å². The van der Waals surface area contributed by atoms with Crippen molar-refractivity contribution in [2.45, 2.75) is 19.9 Å². The Morgan fingerprint density at radius 2 is 1.92 bits per heavy atom. The van der Waals surface area contributed by atoms with Crippen molar-refractivity contribution in [1.82, 2.24) is 4.90 Å². The first-order valence-electron chi connectivity index (χ1n) is 8.31. The molecule has 3 rings (SSSR count). The lowest BCUT2D eigenvalue weighted by molar-refractivity contribution is -0.132. The highest BCUT2D eigenvalue weighted by molar-refractivity contribution is 6.42. The molecule has 0 radical (unpaired) electrons. The van der Waals surface area contributed by atoms with Gasteiger partial charge in [0.15, 0.2) is 11.5 Å². The zero-order valence-corrected chi connectivity index (χ0v) is 15.8. The lowest BCUT2D eigenvalue weighted by Gasteiger charge is -2.21. The Labute approximate surface area is 162 Å². The molecule has 0 unspecified atom stereocenters. The summed E-state index contributed by atoms with van der Waals surface area (Å²) in [5.41, 5.74) is 0.995. The number of carbonyl (C=O) groups is 1. The third-order valence-electron chi connectivity index (χ3n) is 4.02. The van der Waals surface area contributed by atoms with Gasteiger partial charge in [-0.3, -0.25) is 4.79 Å². The van der Waals surface area contributed by atoms with E-state index < -0.39 is 0 Å². The first-order valence-corrected chi connectivity index (χ1v) is 9.06. The highest BCUT2D eigenvalue weighted by Gasteiger charge is 2.16. The van der Waals surface area contributed by atoms with Crippen LogP contribution in [0.5, 0.6) is 17.2 Å². The molecular formula is C19H19Cl2NO4. The predicted octanol–water partition coefficient (Wildman–Crippen LogP) is 4.54. The van der Waals surface area contributed by atoms with Gasteiger partial charge in [-0.2, -0.15) is 0 Å². The summed E-state index contributed by atoms with van der Waals surface area (Å²) in [4.78, 5) is 14.2.